The van der Waals surface area contributed by atoms with Gasteiger partial charge < -0.3 is 0 Å². The van der Waals surface area contributed by atoms with Crippen molar-refractivity contribution in [2.24, 2.45) is 0 Å². The van der Waals surface area contributed by atoms with Gasteiger partial charge in [-0.3, -0.25) is 14.4 Å². The Kier molecular flexibility index (Phi) is 5.51. The summed E-state index contributed by atoms with van der Waals surface area (Å²) in [6.07, 6.45) is 8.19. The van der Waals surface area contributed by atoms with Crippen LogP contribution in [0.5, 0.6) is 0 Å². The highest BCUT2D eigenvalue weighted by Gasteiger charge is 2.03. The van der Waals surface area contributed by atoms with Gasteiger partial charge in [-0.1, -0.05) is 0 Å². The van der Waals surface area contributed by atoms with E-state index in [1.807, 2.05) is 0 Å². The molecule has 0 radical (unpaired) electrons. The molecular formula is C17H14N4O3. The molecule has 0 unspecified atom stereocenters. The predicted octanol–water partition coefficient (Wildman–Crippen LogP) is 1.97. The zero-order valence-corrected chi connectivity index (χ0v) is 13.1. The lowest BCUT2D eigenvalue weighted by Crippen LogP contribution is -1.99. The normalized spacial score (nSPS) is 11.1. The Hall–Kier alpha value is -3.35. The van der Waals surface area contributed by atoms with Crippen molar-refractivity contribution >= 4 is 29.5 Å². The molecule has 2 aromatic rings. The van der Waals surface area contributed by atoms with E-state index in [4.69, 9.17) is 0 Å². The molecule has 0 amide bonds. The summed E-state index contributed by atoms with van der Waals surface area (Å²) in [6.45, 7) is 2.81. The van der Waals surface area contributed by atoms with Gasteiger partial charge in [-0.05, 0) is 36.4 Å². The molecule has 0 aromatic carbocycles. The average Bonchev–Trinajstić information content (AvgIpc) is 2.58. The topological polar surface area (TPSA) is 103 Å². The van der Waals surface area contributed by atoms with Crippen LogP contribution in [-0.4, -0.2) is 37.3 Å². The molecule has 2 rings (SSSR count). The van der Waals surface area contributed by atoms with Gasteiger partial charge in [0.25, 0.3) is 0 Å². The van der Waals surface area contributed by atoms with Crippen molar-refractivity contribution in [3.63, 3.8) is 0 Å². The van der Waals surface area contributed by atoms with Crippen LogP contribution < -0.4 is 0 Å². The molecule has 7 nitrogen and oxygen atoms in total. The molecule has 0 N–H and O–H groups in total. The van der Waals surface area contributed by atoms with Gasteiger partial charge in [0, 0.05) is 20.0 Å². The van der Waals surface area contributed by atoms with E-state index in [9.17, 15) is 14.4 Å². The Labute approximate surface area is 138 Å². The number of rotatable bonds is 6. The minimum Gasteiger partial charge on any atom is -0.293 e. The quantitative estimate of drug-likeness (QED) is 0.591. The van der Waals surface area contributed by atoms with E-state index in [-0.39, 0.29) is 34.6 Å². The summed E-state index contributed by atoms with van der Waals surface area (Å²) in [5.41, 5.74) is 1.01. The molecule has 2 heterocycles. The number of allylic oxidation sites excluding steroid dienone is 2. The van der Waals surface area contributed by atoms with E-state index in [1.165, 1.54) is 62.8 Å². The summed E-state index contributed by atoms with van der Waals surface area (Å²) in [7, 11) is 0. The molecule has 24 heavy (non-hydrogen) atoms. The molecule has 0 spiro atoms. The average molecular weight is 322 g/mol. The van der Waals surface area contributed by atoms with Gasteiger partial charge >= 0.3 is 0 Å². The summed E-state index contributed by atoms with van der Waals surface area (Å²) in [4.78, 5) is 50.1. The van der Waals surface area contributed by atoms with Crippen LogP contribution in [0.15, 0.2) is 36.8 Å². The molecule has 120 valence electrons. The maximum atomic E-state index is 11.8. The van der Waals surface area contributed by atoms with Crippen LogP contribution in [0.2, 0.25) is 0 Å². The third-order valence-electron chi connectivity index (χ3n) is 2.90. The van der Waals surface area contributed by atoms with E-state index in [0.29, 0.717) is 5.69 Å². The molecule has 0 aliphatic heterocycles. The van der Waals surface area contributed by atoms with Crippen LogP contribution in [0.1, 0.15) is 46.3 Å². The van der Waals surface area contributed by atoms with Crippen molar-refractivity contribution in [3.8, 4) is 0 Å². The highest BCUT2D eigenvalue weighted by molar-refractivity contribution is 6.04. The number of hydrogen-bond acceptors (Lipinski definition) is 7. The fourth-order valence-electron chi connectivity index (χ4n) is 1.69. The second-order valence-electron chi connectivity index (χ2n) is 4.81. The molecule has 0 saturated carbocycles. The van der Waals surface area contributed by atoms with Crippen LogP contribution in [0.3, 0.4) is 0 Å². The number of aromatic nitrogens is 4. The van der Waals surface area contributed by atoms with Gasteiger partial charge in [-0.25, -0.2) is 19.9 Å². The largest absolute Gasteiger partial charge is 0.293 e. The lowest BCUT2D eigenvalue weighted by molar-refractivity contribution is -0.110. The first-order valence-corrected chi connectivity index (χ1v) is 7.03. The summed E-state index contributed by atoms with van der Waals surface area (Å²) in [5, 5.41) is 0. The number of carbonyl (C=O) groups is 3. The van der Waals surface area contributed by atoms with E-state index >= 15 is 0 Å². The Bertz CT molecular complexity index is 787. The van der Waals surface area contributed by atoms with Crippen molar-refractivity contribution in [2.45, 2.75) is 13.8 Å². The van der Waals surface area contributed by atoms with E-state index in [0.717, 1.165) is 0 Å². The van der Waals surface area contributed by atoms with Gasteiger partial charge in [-0.2, -0.15) is 0 Å². The highest BCUT2D eigenvalue weighted by Crippen LogP contribution is 2.03. The standard InChI is InChI=1S/C17H14N4O3/c1-11(22)15-7-8-18-17(21-15)6-5-14(24)4-3-13-9-16(12(2)23)20-10-19-13/h3-10H,1-2H3. The first-order valence-electron chi connectivity index (χ1n) is 7.03. The van der Waals surface area contributed by atoms with Gasteiger partial charge in [0.05, 0.1) is 5.69 Å². The molecule has 2 aromatic heterocycles. The second-order valence-corrected chi connectivity index (χ2v) is 4.81. The van der Waals surface area contributed by atoms with Crippen LogP contribution in [0, 0.1) is 0 Å². The summed E-state index contributed by atoms with van der Waals surface area (Å²) < 4.78 is 0. The summed E-state index contributed by atoms with van der Waals surface area (Å²) in [5.74, 6) is -0.399. The number of ketones is 3. The monoisotopic (exact) mass is 322 g/mol. The summed E-state index contributed by atoms with van der Waals surface area (Å²) in [6, 6.07) is 3.00. The van der Waals surface area contributed by atoms with Crippen LogP contribution >= 0.6 is 0 Å². The first kappa shape index (κ1) is 17.0. The zero-order chi connectivity index (χ0) is 17.5. The van der Waals surface area contributed by atoms with E-state index in [2.05, 4.69) is 19.9 Å². The fraction of sp³-hybridized carbons (Fsp3) is 0.118. The number of carbonyl (C=O) groups excluding carboxylic acids is 3. The minimum absolute atomic E-state index is 0.177. The summed E-state index contributed by atoms with van der Waals surface area (Å²) >= 11 is 0. The molecule has 0 atom stereocenters. The van der Waals surface area contributed by atoms with Gasteiger partial charge in [0.1, 0.15) is 17.7 Å². The third kappa shape index (κ3) is 4.84. The molecule has 0 aliphatic rings. The van der Waals surface area contributed by atoms with E-state index in [1.54, 1.807) is 0 Å². The number of nitrogens with zero attached hydrogens (tertiary/aromatic N) is 4. The number of hydrogen-bond donors (Lipinski definition) is 0. The first-order chi connectivity index (χ1) is 11.5. The molecule has 0 aliphatic carbocycles. The molecule has 0 saturated heterocycles. The highest BCUT2D eigenvalue weighted by atomic mass is 16.1. The number of Topliss-reactive ketones (excluding diaryl/α,β-unsaturated/α-hetero) is 2. The maximum Gasteiger partial charge on any atom is 0.178 e. The van der Waals surface area contributed by atoms with Crippen molar-refractivity contribution in [1.82, 2.24) is 19.9 Å². The third-order valence-corrected chi connectivity index (χ3v) is 2.90. The fourth-order valence-corrected chi connectivity index (χ4v) is 1.69. The Morgan fingerprint density at radius 1 is 0.917 bits per heavy atom. The van der Waals surface area contributed by atoms with Gasteiger partial charge in [0.2, 0.25) is 0 Å². The molecular weight excluding hydrogens is 308 g/mol. The van der Waals surface area contributed by atoms with Gasteiger partial charge in [0.15, 0.2) is 23.2 Å². The predicted molar refractivity (Wildman–Crippen MR) is 87.1 cm³/mol. The van der Waals surface area contributed by atoms with Crippen LogP contribution in [0.4, 0.5) is 0 Å². The molecule has 0 fully saturated rings. The Balaban J connectivity index is 2.07. The van der Waals surface area contributed by atoms with Crippen LogP contribution in [-0.2, 0) is 4.79 Å². The zero-order valence-electron chi connectivity index (χ0n) is 13.1. The maximum absolute atomic E-state index is 11.8. The van der Waals surface area contributed by atoms with Crippen molar-refractivity contribution in [3.05, 3.63) is 59.7 Å². The van der Waals surface area contributed by atoms with Crippen molar-refractivity contribution in [1.29, 1.82) is 0 Å². The van der Waals surface area contributed by atoms with E-state index < -0.39 is 0 Å². The minimum atomic E-state index is -0.310. The Morgan fingerprint density at radius 2 is 1.62 bits per heavy atom. The molecule has 0 bridgehead atoms. The second kappa shape index (κ2) is 7.77. The van der Waals surface area contributed by atoms with Crippen molar-refractivity contribution in [2.75, 3.05) is 0 Å². The SMILES string of the molecule is CC(=O)c1cc(C=CC(=O)C=Cc2nccc(C(C)=O)n2)ncn1. The van der Waals surface area contributed by atoms with Crippen molar-refractivity contribution < 1.29 is 14.4 Å². The lowest BCUT2D eigenvalue weighted by atomic mass is 10.2. The van der Waals surface area contributed by atoms with Gasteiger partial charge in [-0.15, -0.1) is 0 Å². The smallest absolute Gasteiger partial charge is 0.178 e. The molecule has 7 heteroatoms. The lowest BCUT2D eigenvalue weighted by Gasteiger charge is -1.96. The van der Waals surface area contributed by atoms with Crippen LogP contribution in [0.25, 0.3) is 12.2 Å². The Morgan fingerprint density at radius 3 is 2.33 bits per heavy atom.